The largest absolute Gasteiger partial charge is 0.444 e. The topological polar surface area (TPSA) is 38.8 Å². The van der Waals surface area contributed by atoms with Gasteiger partial charge in [-0.05, 0) is 27.7 Å². The number of carbonyl (C=O) groups is 1. The molecule has 0 bridgehead atoms. The molecule has 0 unspecified atom stereocenters. The number of amides is 1. The summed E-state index contributed by atoms with van der Waals surface area (Å²) in [5, 5.41) is 0.702. The van der Waals surface area contributed by atoms with Crippen molar-refractivity contribution in [1.29, 1.82) is 0 Å². The Bertz CT molecular complexity index is 252. The molecule has 1 aliphatic rings. The first-order valence-electron chi connectivity index (χ1n) is 5.52. The first kappa shape index (κ1) is 13.8. The zero-order valence-electron chi connectivity index (χ0n) is 10.3. The van der Waals surface area contributed by atoms with Crippen molar-refractivity contribution in [3.63, 3.8) is 0 Å². The molecule has 0 N–H and O–H groups in total. The highest BCUT2D eigenvalue weighted by Gasteiger charge is 2.34. The van der Waals surface area contributed by atoms with Gasteiger partial charge in [0.2, 0.25) is 0 Å². The molecule has 0 spiro atoms. The SMILES string of the molecule is C[C@H]1OCCN(C(=O)OC(C)(C)C)[C@@H]1CBr. The van der Waals surface area contributed by atoms with Crippen molar-refractivity contribution in [2.24, 2.45) is 0 Å². The summed E-state index contributed by atoms with van der Waals surface area (Å²) in [6.07, 6.45) is -0.215. The summed E-state index contributed by atoms with van der Waals surface area (Å²) in [5.74, 6) is 0. The van der Waals surface area contributed by atoms with E-state index in [2.05, 4.69) is 15.9 Å². The van der Waals surface area contributed by atoms with Crippen LogP contribution in [0.2, 0.25) is 0 Å². The average molecular weight is 294 g/mol. The minimum Gasteiger partial charge on any atom is -0.444 e. The quantitative estimate of drug-likeness (QED) is 0.697. The molecule has 0 aromatic heterocycles. The van der Waals surface area contributed by atoms with E-state index in [0.29, 0.717) is 18.5 Å². The van der Waals surface area contributed by atoms with Crippen LogP contribution in [0, 0.1) is 0 Å². The highest BCUT2D eigenvalue weighted by atomic mass is 79.9. The van der Waals surface area contributed by atoms with Crippen LogP contribution in [0.3, 0.4) is 0 Å². The van der Waals surface area contributed by atoms with Gasteiger partial charge in [-0.25, -0.2) is 4.79 Å². The van der Waals surface area contributed by atoms with E-state index < -0.39 is 5.60 Å². The van der Waals surface area contributed by atoms with Crippen molar-refractivity contribution < 1.29 is 14.3 Å². The number of alkyl halides is 1. The summed E-state index contributed by atoms with van der Waals surface area (Å²) in [6.45, 7) is 8.76. The van der Waals surface area contributed by atoms with Crippen molar-refractivity contribution in [2.75, 3.05) is 18.5 Å². The molecule has 0 saturated carbocycles. The van der Waals surface area contributed by atoms with Crippen LogP contribution in [0.15, 0.2) is 0 Å². The van der Waals surface area contributed by atoms with Crippen LogP contribution in [0.25, 0.3) is 0 Å². The van der Waals surface area contributed by atoms with Gasteiger partial charge in [-0.15, -0.1) is 0 Å². The van der Waals surface area contributed by atoms with Crippen molar-refractivity contribution >= 4 is 22.0 Å². The fourth-order valence-corrected chi connectivity index (χ4v) is 2.50. The Labute approximate surface area is 105 Å². The smallest absolute Gasteiger partial charge is 0.410 e. The summed E-state index contributed by atoms with van der Waals surface area (Å²) >= 11 is 3.41. The van der Waals surface area contributed by atoms with Crippen LogP contribution in [-0.2, 0) is 9.47 Å². The second-order valence-corrected chi connectivity index (χ2v) is 5.62. The normalized spacial score (nSPS) is 26.7. The number of hydrogen-bond acceptors (Lipinski definition) is 3. The molecule has 1 amide bonds. The van der Waals surface area contributed by atoms with E-state index in [-0.39, 0.29) is 18.2 Å². The Morgan fingerprint density at radius 2 is 2.19 bits per heavy atom. The Morgan fingerprint density at radius 3 is 2.69 bits per heavy atom. The number of carbonyl (C=O) groups excluding carboxylic acids is 1. The molecular weight excluding hydrogens is 274 g/mol. The summed E-state index contributed by atoms with van der Waals surface area (Å²) in [4.78, 5) is 13.7. The van der Waals surface area contributed by atoms with Crippen LogP contribution >= 0.6 is 15.9 Å². The molecule has 4 nitrogen and oxygen atoms in total. The third-order valence-electron chi connectivity index (χ3n) is 2.44. The number of rotatable bonds is 1. The number of ether oxygens (including phenoxy) is 2. The van der Waals surface area contributed by atoms with Gasteiger partial charge in [-0.1, -0.05) is 15.9 Å². The third-order valence-corrected chi connectivity index (χ3v) is 3.10. The Morgan fingerprint density at radius 1 is 1.56 bits per heavy atom. The lowest BCUT2D eigenvalue weighted by Crippen LogP contribution is -2.54. The second kappa shape index (κ2) is 5.36. The van der Waals surface area contributed by atoms with Gasteiger partial charge in [0, 0.05) is 11.9 Å². The van der Waals surface area contributed by atoms with Crippen molar-refractivity contribution in [3.05, 3.63) is 0 Å². The molecule has 0 aromatic rings. The minimum atomic E-state index is -0.449. The lowest BCUT2D eigenvalue weighted by atomic mass is 10.1. The van der Waals surface area contributed by atoms with E-state index >= 15 is 0 Å². The zero-order valence-corrected chi connectivity index (χ0v) is 11.9. The van der Waals surface area contributed by atoms with Gasteiger partial charge < -0.3 is 9.47 Å². The maximum absolute atomic E-state index is 12.0. The van der Waals surface area contributed by atoms with Crippen molar-refractivity contribution in [1.82, 2.24) is 4.90 Å². The summed E-state index contributed by atoms with van der Waals surface area (Å²) in [7, 11) is 0. The highest BCUT2D eigenvalue weighted by Crippen LogP contribution is 2.19. The van der Waals surface area contributed by atoms with Gasteiger partial charge in [-0.3, -0.25) is 4.90 Å². The maximum atomic E-state index is 12.0. The van der Waals surface area contributed by atoms with E-state index in [4.69, 9.17) is 9.47 Å². The van der Waals surface area contributed by atoms with Crippen LogP contribution in [0.4, 0.5) is 4.79 Å². The van der Waals surface area contributed by atoms with Gasteiger partial charge in [0.05, 0.1) is 18.8 Å². The fourth-order valence-electron chi connectivity index (χ4n) is 1.62. The minimum absolute atomic E-state index is 0.0423. The van der Waals surface area contributed by atoms with E-state index in [1.54, 1.807) is 4.90 Å². The number of hydrogen-bond donors (Lipinski definition) is 0. The Kier molecular flexibility index (Phi) is 4.62. The van der Waals surface area contributed by atoms with E-state index in [1.165, 1.54) is 0 Å². The lowest BCUT2D eigenvalue weighted by Gasteiger charge is -2.39. The van der Waals surface area contributed by atoms with Gasteiger partial charge in [0.25, 0.3) is 0 Å². The van der Waals surface area contributed by atoms with Crippen molar-refractivity contribution in [3.8, 4) is 0 Å². The predicted molar refractivity (Wildman–Crippen MR) is 65.9 cm³/mol. The van der Waals surface area contributed by atoms with Crippen LogP contribution in [0.5, 0.6) is 0 Å². The predicted octanol–water partition coefficient (Wildman–Crippen LogP) is 2.41. The lowest BCUT2D eigenvalue weighted by molar-refractivity contribution is -0.0615. The molecule has 1 saturated heterocycles. The molecular formula is C11H20BrNO3. The molecule has 0 radical (unpaired) electrons. The van der Waals surface area contributed by atoms with Gasteiger partial charge >= 0.3 is 6.09 Å². The Balaban J connectivity index is 2.66. The molecule has 0 aliphatic carbocycles. The van der Waals surface area contributed by atoms with Crippen LogP contribution < -0.4 is 0 Å². The molecule has 5 heteroatoms. The monoisotopic (exact) mass is 293 g/mol. The van der Waals surface area contributed by atoms with E-state index in [0.717, 1.165) is 0 Å². The van der Waals surface area contributed by atoms with E-state index in [9.17, 15) is 4.79 Å². The van der Waals surface area contributed by atoms with E-state index in [1.807, 2.05) is 27.7 Å². The molecule has 94 valence electrons. The maximum Gasteiger partial charge on any atom is 0.410 e. The molecule has 1 rings (SSSR count). The molecule has 16 heavy (non-hydrogen) atoms. The van der Waals surface area contributed by atoms with Crippen LogP contribution in [0.1, 0.15) is 27.7 Å². The standard InChI is InChI=1S/C11H20BrNO3/c1-8-9(7-12)13(5-6-15-8)10(14)16-11(2,3)4/h8-9H,5-7H2,1-4H3/t8-,9-/m1/s1. The molecule has 1 heterocycles. The average Bonchev–Trinajstić information content (AvgIpc) is 2.14. The molecule has 1 aliphatic heterocycles. The van der Waals surface area contributed by atoms with Gasteiger partial charge in [-0.2, -0.15) is 0 Å². The summed E-state index contributed by atoms with van der Waals surface area (Å²) < 4.78 is 10.9. The first-order valence-corrected chi connectivity index (χ1v) is 6.64. The molecule has 0 aromatic carbocycles. The summed E-state index contributed by atoms with van der Waals surface area (Å²) in [6, 6.07) is 0.0450. The zero-order chi connectivity index (χ0) is 12.3. The van der Waals surface area contributed by atoms with Gasteiger partial charge in [0.15, 0.2) is 0 Å². The van der Waals surface area contributed by atoms with Gasteiger partial charge in [0.1, 0.15) is 5.60 Å². The molecule has 1 fully saturated rings. The molecule has 2 atom stereocenters. The second-order valence-electron chi connectivity index (χ2n) is 4.97. The third kappa shape index (κ3) is 3.63. The van der Waals surface area contributed by atoms with Crippen molar-refractivity contribution in [2.45, 2.75) is 45.4 Å². The number of halogens is 1. The number of nitrogens with zero attached hydrogens (tertiary/aromatic N) is 1. The Hall–Kier alpha value is -0.290. The fraction of sp³-hybridized carbons (Fsp3) is 0.909. The number of morpholine rings is 1. The highest BCUT2D eigenvalue weighted by molar-refractivity contribution is 9.09. The first-order chi connectivity index (χ1) is 7.35. The van der Waals surface area contributed by atoms with Crippen LogP contribution in [-0.4, -0.2) is 47.2 Å². The summed E-state index contributed by atoms with van der Waals surface area (Å²) in [5.41, 5.74) is -0.449.